The van der Waals surface area contributed by atoms with Gasteiger partial charge in [0.1, 0.15) is 0 Å². The van der Waals surface area contributed by atoms with Crippen molar-refractivity contribution in [3.63, 3.8) is 0 Å². The fourth-order valence-corrected chi connectivity index (χ4v) is 3.08. The summed E-state index contributed by atoms with van der Waals surface area (Å²) < 4.78 is 0. The second kappa shape index (κ2) is 5.58. The van der Waals surface area contributed by atoms with E-state index in [1.165, 1.54) is 23.1 Å². The van der Waals surface area contributed by atoms with Gasteiger partial charge in [-0.15, -0.1) is 0 Å². The summed E-state index contributed by atoms with van der Waals surface area (Å²) in [5.74, 6) is 0. The SMILES string of the molecule is C[C@@H]1Cc2ccccc2[C@@H](CCc2ccccc2)N1. The largest absolute Gasteiger partial charge is 0.307 e. The standard InChI is InChI=1S/C18H21N/c1-14-13-16-9-5-6-10-17(16)18(19-14)12-11-15-7-3-2-4-8-15/h2-10,14,18-19H,11-13H2,1H3/t14-,18-/m1/s1. The summed E-state index contributed by atoms with van der Waals surface area (Å²) in [4.78, 5) is 0. The normalized spacial score (nSPS) is 21.9. The molecule has 2 atom stereocenters. The van der Waals surface area contributed by atoms with Gasteiger partial charge in [0, 0.05) is 12.1 Å². The first kappa shape index (κ1) is 12.4. The van der Waals surface area contributed by atoms with E-state index in [0.717, 1.165) is 12.8 Å². The highest BCUT2D eigenvalue weighted by Crippen LogP contribution is 2.28. The molecule has 3 rings (SSSR count). The van der Waals surface area contributed by atoms with Crippen LogP contribution in [0.15, 0.2) is 54.6 Å². The number of fused-ring (bicyclic) bond motifs is 1. The van der Waals surface area contributed by atoms with Crippen molar-refractivity contribution in [2.75, 3.05) is 0 Å². The molecule has 1 heteroatoms. The number of aryl methyl sites for hydroxylation is 1. The smallest absolute Gasteiger partial charge is 0.0328 e. The first-order chi connectivity index (χ1) is 9.33. The molecular formula is C18H21N. The maximum absolute atomic E-state index is 3.74. The molecule has 2 aromatic carbocycles. The summed E-state index contributed by atoms with van der Waals surface area (Å²) in [5, 5.41) is 3.74. The predicted molar refractivity (Wildman–Crippen MR) is 80.2 cm³/mol. The number of nitrogens with one attached hydrogen (secondary N) is 1. The molecule has 0 spiro atoms. The van der Waals surface area contributed by atoms with Gasteiger partial charge in [-0.1, -0.05) is 54.6 Å². The van der Waals surface area contributed by atoms with E-state index in [4.69, 9.17) is 0 Å². The Balaban J connectivity index is 1.74. The maximum Gasteiger partial charge on any atom is 0.0328 e. The van der Waals surface area contributed by atoms with Crippen LogP contribution in [0.25, 0.3) is 0 Å². The van der Waals surface area contributed by atoms with Crippen LogP contribution < -0.4 is 5.32 Å². The van der Waals surface area contributed by atoms with Crippen LogP contribution in [0.3, 0.4) is 0 Å². The van der Waals surface area contributed by atoms with Gasteiger partial charge >= 0.3 is 0 Å². The van der Waals surface area contributed by atoms with E-state index in [1.807, 2.05) is 0 Å². The van der Waals surface area contributed by atoms with Gasteiger partial charge in [-0.2, -0.15) is 0 Å². The molecule has 1 N–H and O–H groups in total. The van der Waals surface area contributed by atoms with Crippen LogP contribution in [0.4, 0.5) is 0 Å². The van der Waals surface area contributed by atoms with Crippen molar-refractivity contribution in [1.82, 2.24) is 5.32 Å². The predicted octanol–water partition coefficient (Wildman–Crippen LogP) is 3.89. The molecule has 98 valence electrons. The Morgan fingerprint density at radius 3 is 2.58 bits per heavy atom. The molecule has 0 saturated heterocycles. The molecular weight excluding hydrogens is 230 g/mol. The van der Waals surface area contributed by atoms with Crippen molar-refractivity contribution in [2.45, 2.75) is 38.3 Å². The third kappa shape index (κ3) is 2.87. The van der Waals surface area contributed by atoms with Crippen LogP contribution >= 0.6 is 0 Å². The lowest BCUT2D eigenvalue weighted by Crippen LogP contribution is -2.37. The van der Waals surface area contributed by atoms with Crippen LogP contribution in [0.1, 0.15) is 36.1 Å². The molecule has 1 aliphatic rings. The lowest BCUT2D eigenvalue weighted by molar-refractivity contribution is 0.404. The molecule has 2 aromatic rings. The number of hydrogen-bond acceptors (Lipinski definition) is 1. The van der Waals surface area contributed by atoms with Crippen molar-refractivity contribution >= 4 is 0 Å². The van der Waals surface area contributed by atoms with Gasteiger partial charge in [0.2, 0.25) is 0 Å². The van der Waals surface area contributed by atoms with Crippen molar-refractivity contribution in [3.05, 3.63) is 71.3 Å². The van der Waals surface area contributed by atoms with E-state index in [9.17, 15) is 0 Å². The zero-order chi connectivity index (χ0) is 13.1. The molecule has 1 aliphatic heterocycles. The van der Waals surface area contributed by atoms with E-state index in [-0.39, 0.29) is 0 Å². The third-order valence-electron chi connectivity index (χ3n) is 4.01. The van der Waals surface area contributed by atoms with E-state index in [0.29, 0.717) is 12.1 Å². The van der Waals surface area contributed by atoms with Crippen molar-refractivity contribution in [1.29, 1.82) is 0 Å². The first-order valence-electron chi connectivity index (χ1n) is 7.21. The summed E-state index contributed by atoms with van der Waals surface area (Å²) >= 11 is 0. The summed E-state index contributed by atoms with van der Waals surface area (Å²) in [5.41, 5.74) is 4.45. The molecule has 0 aromatic heterocycles. The second-order valence-corrected chi connectivity index (χ2v) is 5.55. The minimum Gasteiger partial charge on any atom is -0.307 e. The van der Waals surface area contributed by atoms with E-state index in [2.05, 4.69) is 66.8 Å². The Morgan fingerprint density at radius 2 is 1.74 bits per heavy atom. The molecule has 1 heterocycles. The van der Waals surface area contributed by atoms with Gasteiger partial charge in [0.05, 0.1) is 0 Å². The van der Waals surface area contributed by atoms with Gasteiger partial charge in [0.15, 0.2) is 0 Å². The lowest BCUT2D eigenvalue weighted by atomic mass is 9.88. The minimum absolute atomic E-state index is 0.500. The molecule has 0 fully saturated rings. The zero-order valence-electron chi connectivity index (χ0n) is 11.5. The Morgan fingerprint density at radius 1 is 1.00 bits per heavy atom. The van der Waals surface area contributed by atoms with E-state index < -0.39 is 0 Å². The maximum atomic E-state index is 3.74. The number of benzene rings is 2. The highest BCUT2D eigenvalue weighted by molar-refractivity contribution is 5.33. The summed E-state index contributed by atoms with van der Waals surface area (Å²) in [6.07, 6.45) is 3.46. The van der Waals surface area contributed by atoms with Crippen LogP contribution in [0.5, 0.6) is 0 Å². The van der Waals surface area contributed by atoms with Crippen LogP contribution in [-0.2, 0) is 12.8 Å². The first-order valence-corrected chi connectivity index (χ1v) is 7.21. The van der Waals surface area contributed by atoms with Crippen molar-refractivity contribution < 1.29 is 0 Å². The molecule has 0 radical (unpaired) electrons. The highest BCUT2D eigenvalue weighted by Gasteiger charge is 2.22. The van der Waals surface area contributed by atoms with E-state index in [1.54, 1.807) is 0 Å². The van der Waals surface area contributed by atoms with Crippen LogP contribution in [0.2, 0.25) is 0 Å². The molecule has 19 heavy (non-hydrogen) atoms. The molecule has 0 amide bonds. The van der Waals surface area contributed by atoms with Gasteiger partial charge in [0.25, 0.3) is 0 Å². The molecule has 0 saturated carbocycles. The number of hydrogen-bond donors (Lipinski definition) is 1. The molecule has 0 bridgehead atoms. The lowest BCUT2D eigenvalue weighted by Gasteiger charge is -2.31. The van der Waals surface area contributed by atoms with Crippen molar-refractivity contribution in [3.8, 4) is 0 Å². The van der Waals surface area contributed by atoms with Crippen LogP contribution in [-0.4, -0.2) is 6.04 Å². The molecule has 1 nitrogen and oxygen atoms in total. The summed E-state index contributed by atoms with van der Waals surface area (Å²) in [6.45, 7) is 2.28. The third-order valence-corrected chi connectivity index (χ3v) is 4.01. The highest BCUT2D eigenvalue weighted by atomic mass is 15.0. The fraction of sp³-hybridized carbons (Fsp3) is 0.333. The Hall–Kier alpha value is -1.60. The average molecular weight is 251 g/mol. The molecule has 0 aliphatic carbocycles. The van der Waals surface area contributed by atoms with Gasteiger partial charge in [-0.05, 0) is 42.9 Å². The van der Waals surface area contributed by atoms with Gasteiger partial charge < -0.3 is 5.32 Å². The monoisotopic (exact) mass is 251 g/mol. The molecule has 0 unspecified atom stereocenters. The van der Waals surface area contributed by atoms with E-state index >= 15 is 0 Å². The van der Waals surface area contributed by atoms with Gasteiger partial charge in [-0.3, -0.25) is 0 Å². The Labute approximate surface area is 115 Å². The Bertz CT molecular complexity index is 532. The van der Waals surface area contributed by atoms with Crippen LogP contribution in [0, 0.1) is 0 Å². The second-order valence-electron chi connectivity index (χ2n) is 5.55. The zero-order valence-corrected chi connectivity index (χ0v) is 11.5. The quantitative estimate of drug-likeness (QED) is 0.872. The van der Waals surface area contributed by atoms with Crippen molar-refractivity contribution in [2.24, 2.45) is 0 Å². The number of rotatable bonds is 3. The van der Waals surface area contributed by atoms with Gasteiger partial charge in [-0.25, -0.2) is 0 Å². The summed E-state index contributed by atoms with van der Waals surface area (Å²) in [6, 6.07) is 20.7. The summed E-state index contributed by atoms with van der Waals surface area (Å²) in [7, 11) is 0. The average Bonchev–Trinajstić information content (AvgIpc) is 2.45. The minimum atomic E-state index is 0.500. The fourth-order valence-electron chi connectivity index (χ4n) is 3.08. The topological polar surface area (TPSA) is 12.0 Å². The Kier molecular flexibility index (Phi) is 3.65.